The number of pyridine rings is 1. The van der Waals surface area contributed by atoms with E-state index in [0.717, 1.165) is 5.69 Å². The summed E-state index contributed by atoms with van der Waals surface area (Å²) < 4.78 is 37.3. The highest BCUT2D eigenvalue weighted by molar-refractivity contribution is 5.47. The van der Waals surface area contributed by atoms with Gasteiger partial charge >= 0.3 is 6.18 Å². The van der Waals surface area contributed by atoms with E-state index in [2.05, 4.69) is 4.98 Å². The number of nitrogens with zero attached hydrogens (tertiary/aromatic N) is 3. The van der Waals surface area contributed by atoms with E-state index in [1.54, 1.807) is 17.0 Å². The molecule has 2 rings (SSSR count). The number of aromatic nitrogens is 1. The minimum atomic E-state index is -4.23. The predicted octanol–water partition coefficient (Wildman–Crippen LogP) is 2.65. The highest BCUT2D eigenvalue weighted by Crippen LogP contribution is 2.31. The molecule has 1 aliphatic heterocycles. The molecule has 1 aromatic heterocycles. The number of anilines is 1. The van der Waals surface area contributed by atoms with Crippen LogP contribution in [-0.4, -0.2) is 24.2 Å². The molecule has 0 radical (unpaired) electrons. The van der Waals surface area contributed by atoms with Crippen LogP contribution in [0.5, 0.6) is 0 Å². The van der Waals surface area contributed by atoms with Crippen molar-refractivity contribution in [1.82, 2.24) is 4.98 Å². The van der Waals surface area contributed by atoms with Crippen molar-refractivity contribution in [2.24, 2.45) is 0 Å². The van der Waals surface area contributed by atoms with Gasteiger partial charge in [0.2, 0.25) is 0 Å². The van der Waals surface area contributed by atoms with Crippen LogP contribution in [0.25, 0.3) is 0 Å². The third-order valence-corrected chi connectivity index (χ3v) is 2.80. The molecule has 0 aliphatic carbocycles. The molecule has 18 heavy (non-hydrogen) atoms. The molecule has 0 aromatic carbocycles. The Kier molecular flexibility index (Phi) is 3.24. The number of alkyl halides is 3. The second kappa shape index (κ2) is 4.69. The molecular formula is C12H10F3N3. The number of hydrogen-bond donors (Lipinski definition) is 0. The maximum absolute atomic E-state index is 12.4. The second-order valence-corrected chi connectivity index (χ2v) is 3.94. The van der Waals surface area contributed by atoms with Crippen LogP contribution in [0.15, 0.2) is 30.0 Å². The lowest BCUT2D eigenvalue weighted by molar-refractivity contribution is -0.0943. The van der Waals surface area contributed by atoms with Crippen LogP contribution in [0.1, 0.15) is 12.1 Å². The van der Waals surface area contributed by atoms with Gasteiger partial charge in [0.25, 0.3) is 0 Å². The molecule has 0 N–H and O–H groups in total. The Morgan fingerprint density at radius 3 is 2.56 bits per heavy atom. The zero-order chi connectivity index (χ0) is 13.2. The van der Waals surface area contributed by atoms with Gasteiger partial charge in [0, 0.05) is 18.7 Å². The molecule has 3 nitrogen and oxygen atoms in total. The third kappa shape index (κ3) is 2.62. The van der Waals surface area contributed by atoms with E-state index >= 15 is 0 Å². The van der Waals surface area contributed by atoms with Crippen LogP contribution in [0.3, 0.4) is 0 Å². The van der Waals surface area contributed by atoms with Crippen molar-refractivity contribution in [3.63, 3.8) is 0 Å². The molecule has 1 aromatic rings. The summed E-state index contributed by atoms with van der Waals surface area (Å²) in [5.74, 6) is 0. The fourth-order valence-corrected chi connectivity index (χ4v) is 1.80. The Labute approximate surface area is 102 Å². The lowest BCUT2D eigenvalue weighted by atomic mass is 10.1. The fraction of sp³-hybridized carbons (Fsp3) is 0.333. The van der Waals surface area contributed by atoms with E-state index in [1.165, 1.54) is 12.3 Å². The molecule has 0 unspecified atom stereocenters. The van der Waals surface area contributed by atoms with Gasteiger partial charge in [-0.2, -0.15) is 18.4 Å². The summed E-state index contributed by atoms with van der Waals surface area (Å²) in [6.45, 7) is 0.515. The van der Waals surface area contributed by atoms with Crippen LogP contribution in [-0.2, 0) is 0 Å². The van der Waals surface area contributed by atoms with Crippen LogP contribution >= 0.6 is 0 Å². The first-order chi connectivity index (χ1) is 8.50. The first kappa shape index (κ1) is 12.4. The molecule has 2 heterocycles. The first-order valence-electron chi connectivity index (χ1n) is 5.38. The van der Waals surface area contributed by atoms with Gasteiger partial charge in [-0.1, -0.05) is 6.08 Å². The molecule has 0 fully saturated rings. The summed E-state index contributed by atoms with van der Waals surface area (Å²) in [4.78, 5) is 5.69. The van der Waals surface area contributed by atoms with Crippen LogP contribution in [0.4, 0.5) is 18.9 Å². The van der Waals surface area contributed by atoms with Crippen molar-refractivity contribution in [3.05, 3.63) is 35.7 Å². The quantitative estimate of drug-likeness (QED) is 0.722. The lowest BCUT2D eigenvalue weighted by Crippen LogP contribution is -2.31. The summed E-state index contributed by atoms with van der Waals surface area (Å²) in [6, 6.07) is 5.14. The van der Waals surface area contributed by atoms with E-state index in [4.69, 9.17) is 5.26 Å². The smallest absolute Gasteiger partial charge is 0.366 e. The minimum absolute atomic E-state index is 0.0243. The largest absolute Gasteiger partial charge is 0.412 e. The molecular weight excluding hydrogens is 243 g/mol. The van der Waals surface area contributed by atoms with Crippen molar-refractivity contribution in [1.29, 1.82) is 5.26 Å². The average molecular weight is 253 g/mol. The van der Waals surface area contributed by atoms with Gasteiger partial charge in [-0.3, -0.25) is 0 Å². The summed E-state index contributed by atoms with van der Waals surface area (Å²) in [5.41, 5.74) is 0.550. The molecule has 6 heteroatoms. The Bertz CT molecular complexity index is 497. The first-order valence-corrected chi connectivity index (χ1v) is 5.38. The zero-order valence-corrected chi connectivity index (χ0v) is 9.41. The highest BCUT2D eigenvalue weighted by atomic mass is 19.4. The van der Waals surface area contributed by atoms with Gasteiger partial charge in [-0.15, -0.1) is 0 Å². The van der Waals surface area contributed by atoms with Gasteiger partial charge in [0.1, 0.15) is 11.8 Å². The predicted molar refractivity (Wildman–Crippen MR) is 59.9 cm³/mol. The summed E-state index contributed by atoms with van der Waals surface area (Å²) in [5, 5.41) is 8.60. The molecule has 1 aliphatic rings. The van der Waals surface area contributed by atoms with E-state index in [1.807, 2.05) is 6.07 Å². The number of halogens is 3. The molecule has 0 amide bonds. The number of hydrogen-bond acceptors (Lipinski definition) is 3. The Hall–Kier alpha value is -2.03. The van der Waals surface area contributed by atoms with Crippen molar-refractivity contribution >= 4 is 5.69 Å². The van der Waals surface area contributed by atoms with E-state index < -0.39 is 11.7 Å². The van der Waals surface area contributed by atoms with Gasteiger partial charge in [-0.25, -0.2) is 4.98 Å². The standard InChI is InChI=1S/C12H10F3N3/c13-12(14,15)9-3-5-18(6-4-9)11-2-1-10(7-16)17-8-11/h1-3,8H,4-6H2. The van der Waals surface area contributed by atoms with Gasteiger partial charge in [-0.05, 0) is 18.6 Å². The maximum Gasteiger partial charge on any atom is 0.412 e. The lowest BCUT2D eigenvalue weighted by Gasteiger charge is -2.28. The second-order valence-electron chi connectivity index (χ2n) is 3.94. The van der Waals surface area contributed by atoms with Crippen LogP contribution < -0.4 is 4.90 Å². The topological polar surface area (TPSA) is 39.9 Å². The SMILES string of the molecule is N#Cc1ccc(N2CC=C(C(F)(F)F)CC2)cn1. The van der Waals surface area contributed by atoms with Crippen LogP contribution in [0.2, 0.25) is 0 Å². The Balaban J connectivity index is 2.10. The number of nitriles is 1. The normalized spacial score (nSPS) is 16.1. The molecule has 0 bridgehead atoms. The van der Waals surface area contributed by atoms with E-state index in [9.17, 15) is 13.2 Å². The Morgan fingerprint density at radius 1 is 1.33 bits per heavy atom. The monoisotopic (exact) mass is 253 g/mol. The fourth-order valence-electron chi connectivity index (χ4n) is 1.80. The molecule has 0 spiro atoms. The van der Waals surface area contributed by atoms with Crippen LogP contribution in [0, 0.1) is 11.3 Å². The van der Waals surface area contributed by atoms with Gasteiger partial charge in [0.15, 0.2) is 0 Å². The van der Waals surface area contributed by atoms with Crippen molar-refractivity contribution in [3.8, 4) is 6.07 Å². The molecule has 0 saturated heterocycles. The Morgan fingerprint density at radius 2 is 2.11 bits per heavy atom. The summed E-state index contributed by atoms with van der Waals surface area (Å²) in [6.07, 6.45) is -1.55. The van der Waals surface area contributed by atoms with E-state index in [-0.39, 0.29) is 13.0 Å². The van der Waals surface area contributed by atoms with Crippen molar-refractivity contribution in [2.45, 2.75) is 12.6 Å². The molecule has 0 atom stereocenters. The molecule has 0 saturated carbocycles. The number of rotatable bonds is 1. The van der Waals surface area contributed by atoms with Crippen molar-refractivity contribution < 1.29 is 13.2 Å². The summed E-state index contributed by atoms with van der Waals surface area (Å²) in [7, 11) is 0. The van der Waals surface area contributed by atoms with Crippen molar-refractivity contribution in [2.75, 3.05) is 18.0 Å². The third-order valence-electron chi connectivity index (χ3n) is 2.80. The zero-order valence-electron chi connectivity index (χ0n) is 9.41. The average Bonchev–Trinajstić information content (AvgIpc) is 2.38. The highest BCUT2D eigenvalue weighted by Gasteiger charge is 2.34. The summed E-state index contributed by atoms with van der Waals surface area (Å²) >= 11 is 0. The maximum atomic E-state index is 12.4. The van der Waals surface area contributed by atoms with Gasteiger partial charge in [0.05, 0.1) is 11.9 Å². The minimum Gasteiger partial charge on any atom is -0.366 e. The van der Waals surface area contributed by atoms with E-state index in [0.29, 0.717) is 12.2 Å². The molecule has 94 valence electrons. The van der Waals surface area contributed by atoms with Gasteiger partial charge < -0.3 is 4.90 Å².